The second-order valence-electron chi connectivity index (χ2n) is 9.18. The first kappa shape index (κ1) is 30.4. The molecule has 0 spiro atoms. The Bertz CT molecular complexity index is 1800. The Morgan fingerprint density at radius 1 is 0.854 bits per heavy atom. The summed E-state index contributed by atoms with van der Waals surface area (Å²) in [6.07, 6.45) is 0. The summed E-state index contributed by atoms with van der Waals surface area (Å²) >= 11 is 7.04. The summed E-state index contributed by atoms with van der Waals surface area (Å²) in [5.41, 5.74) is 1.39. The fourth-order valence-electron chi connectivity index (χ4n) is 3.81. The van der Waals surface area contributed by atoms with Gasteiger partial charge in [0.2, 0.25) is 0 Å². The zero-order valence-corrected chi connectivity index (χ0v) is 25.4. The molecule has 0 saturated heterocycles. The Morgan fingerprint density at radius 3 is 1.93 bits per heavy atom. The van der Waals surface area contributed by atoms with Crippen LogP contribution in [0, 0.1) is 24.0 Å². The van der Waals surface area contributed by atoms with Gasteiger partial charge in [-0.05, 0) is 68.4 Å². The van der Waals surface area contributed by atoms with Gasteiger partial charge in [0, 0.05) is 23.0 Å². The molecule has 0 fully saturated rings. The molecule has 0 aliphatic heterocycles. The Labute approximate surface area is 248 Å². The van der Waals surface area contributed by atoms with Crippen LogP contribution in [0.5, 0.6) is 0 Å². The van der Waals surface area contributed by atoms with Crippen LogP contribution in [0.3, 0.4) is 0 Å². The molecular formula is C28H26ClN3O6S3. The second kappa shape index (κ2) is 12.1. The molecule has 0 unspecified atom stereocenters. The quantitative estimate of drug-likeness (QED) is 0.152. The van der Waals surface area contributed by atoms with Crippen molar-refractivity contribution in [3.8, 4) is 0 Å². The number of nitrogens with zero attached hydrogens (tertiary/aromatic N) is 2. The minimum atomic E-state index is -4.16. The van der Waals surface area contributed by atoms with Gasteiger partial charge in [-0.25, -0.2) is 16.8 Å². The maximum absolute atomic E-state index is 13.5. The first-order valence-electron chi connectivity index (χ1n) is 12.1. The molecule has 0 atom stereocenters. The number of nitro groups is 1. The van der Waals surface area contributed by atoms with Gasteiger partial charge >= 0.3 is 0 Å². The number of hydrogen-bond donors (Lipinski definition) is 1. The van der Waals surface area contributed by atoms with Crippen molar-refractivity contribution in [3.05, 3.63) is 111 Å². The summed E-state index contributed by atoms with van der Waals surface area (Å²) in [4.78, 5) is 12.4. The van der Waals surface area contributed by atoms with Gasteiger partial charge in [-0.2, -0.15) is 0 Å². The van der Waals surface area contributed by atoms with E-state index in [-0.39, 0.29) is 31.7 Å². The van der Waals surface area contributed by atoms with Crippen molar-refractivity contribution in [2.75, 3.05) is 22.5 Å². The number of hydrogen-bond acceptors (Lipinski definition) is 8. The van der Waals surface area contributed by atoms with E-state index in [2.05, 4.69) is 5.32 Å². The van der Waals surface area contributed by atoms with E-state index >= 15 is 0 Å². The maximum Gasteiger partial charge on any atom is 0.285 e. The van der Waals surface area contributed by atoms with Crippen LogP contribution in [0.1, 0.15) is 11.1 Å². The highest BCUT2D eigenvalue weighted by atomic mass is 35.5. The van der Waals surface area contributed by atoms with Crippen LogP contribution in [0.4, 0.5) is 17.1 Å². The number of nitrogens with one attached hydrogen (secondary N) is 1. The lowest BCUT2D eigenvalue weighted by molar-refractivity contribution is -0.387. The number of benzene rings is 4. The summed E-state index contributed by atoms with van der Waals surface area (Å²) in [5, 5.41) is 15.4. The van der Waals surface area contributed by atoms with E-state index in [1.54, 1.807) is 48.5 Å². The van der Waals surface area contributed by atoms with Crippen molar-refractivity contribution in [2.24, 2.45) is 0 Å². The van der Waals surface area contributed by atoms with Gasteiger partial charge in [0.05, 0.1) is 31.0 Å². The average molecular weight is 632 g/mol. The fourth-order valence-corrected chi connectivity index (χ4v) is 7.15. The number of aryl methyl sites for hydroxylation is 2. The van der Waals surface area contributed by atoms with Crippen LogP contribution >= 0.6 is 23.4 Å². The number of rotatable bonds is 10. The summed E-state index contributed by atoms with van der Waals surface area (Å²) in [7, 11) is -6.74. The summed E-state index contributed by atoms with van der Waals surface area (Å²) in [5.74, 6) is -0.579. The van der Waals surface area contributed by atoms with Gasteiger partial charge in [0.1, 0.15) is 5.88 Å². The van der Waals surface area contributed by atoms with Crippen LogP contribution in [-0.2, 0) is 19.9 Å². The monoisotopic (exact) mass is 631 g/mol. The summed E-state index contributed by atoms with van der Waals surface area (Å²) in [6.45, 7) is 3.65. The lowest BCUT2D eigenvalue weighted by Gasteiger charge is -2.24. The van der Waals surface area contributed by atoms with E-state index in [1.807, 2.05) is 13.8 Å². The molecule has 0 aromatic heterocycles. The van der Waals surface area contributed by atoms with Crippen molar-refractivity contribution >= 4 is 60.3 Å². The largest absolute Gasteiger partial charge is 0.369 e. The molecule has 0 radical (unpaired) electrons. The molecule has 9 nitrogen and oxygen atoms in total. The van der Waals surface area contributed by atoms with E-state index in [9.17, 15) is 26.9 Å². The predicted octanol–water partition coefficient (Wildman–Crippen LogP) is 6.68. The van der Waals surface area contributed by atoms with E-state index < -0.39 is 30.7 Å². The van der Waals surface area contributed by atoms with E-state index in [1.165, 1.54) is 37.4 Å². The molecule has 0 aliphatic carbocycles. The molecular weight excluding hydrogens is 606 g/mol. The topological polar surface area (TPSA) is 127 Å². The van der Waals surface area contributed by atoms with Crippen molar-refractivity contribution in [2.45, 2.75) is 33.4 Å². The second-order valence-corrected chi connectivity index (χ2v) is 14.7. The van der Waals surface area contributed by atoms with E-state index in [4.69, 9.17) is 11.6 Å². The van der Waals surface area contributed by atoms with Crippen LogP contribution in [-0.4, -0.2) is 34.7 Å². The molecule has 4 aromatic carbocycles. The van der Waals surface area contributed by atoms with Crippen molar-refractivity contribution < 1.29 is 21.8 Å². The molecule has 214 valence electrons. The average Bonchev–Trinajstić information content (AvgIpc) is 2.93. The van der Waals surface area contributed by atoms with Gasteiger partial charge in [-0.15, -0.1) is 0 Å². The minimum Gasteiger partial charge on any atom is -0.369 e. The Morgan fingerprint density at radius 2 is 1.39 bits per heavy atom. The molecule has 1 N–H and O–H groups in total. The highest BCUT2D eigenvalue weighted by molar-refractivity contribution is 7.99. The van der Waals surface area contributed by atoms with Crippen molar-refractivity contribution in [1.82, 2.24) is 0 Å². The Balaban J connectivity index is 1.81. The van der Waals surface area contributed by atoms with Crippen LogP contribution in [0.15, 0.2) is 105 Å². The molecule has 0 saturated carbocycles. The smallest absolute Gasteiger partial charge is 0.285 e. The van der Waals surface area contributed by atoms with Crippen LogP contribution in [0.25, 0.3) is 0 Å². The minimum absolute atomic E-state index is 0.0221. The Hall–Kier alpha value is -3.58. The molecule has 0 bridgehead atoms. The third-order valence-electron chi connectivity index (χ3n) is 6.17. The molecule has 13 heteroatoms. The number of halogens is 1. The van der Waals surface area contributed by atoms with Gasteiger partial charge in [0.15, 0.2) is 9.84 Å². The molecule has 4 aromatic rings. The third-order valence-corrected chi connectivity index (χ3v) is 10.8. The van der Waals surface area contributed by atoms with Gasteiger partial charge in [-0.3, -0.25) is 14.4 Å². The molecule has 41 heavy (non-hydrogen) atoms. The highest BCUT2D eigenvalue weighted by Gasteiger charge is 2.28. The molecule has 0 aliphatic rings. The zero-order chi connectivity index (χ0) is 29.9. The van der Waals surface area contributed by atoms with E-state index in [0.29, 0.717) is 9.92 Å². The third kappa shape index (κ3) is 7.02. The van der Waals surface area contributed by atoms with Gasteiger partial charge in [-0.1, -0.05) is 58.8 Å². The van der Waals surface area contributed by atoms with E-state index in [0.717, 1.165) is 33.3 Å². The Kier molecular flexibility index (Phi) is 8.97. The van der Waals surface area contributed by atoms with Crippen LogP contribution in [0.2, 0.25) is 5.02 Å². The first-order chi connectivity index (χ1) is 19.3. The van der Waals surface area contributed by atoms with Crippen molar-refractivity contribution in [1.29, 1.82) is 0 Å². The lowest BCUT2D eigenvalue weighted by Crippen LogP contribution is -2.28. The molecule has 0 heterocycles. The predicted molar refractivity (Wildman–Crippen MR) is 162 cm³/mol. The maximum atomic E-state index is 13.5. The molecule has 4 rings (SSSR count). The molecule has 0 amide bonds. The number of sulfonamides is 1. The SMILES string of the molecule is Cc1ccc(S(=O)(=O)CNc2cc(Sc3ccc(Cl)cc3)c([N+](=O)[O-])cc2N(C)S(=O)(=O)c2ccc(C)cc2)cc1. The van der Waals surface area contributed by atoms with Gasteiger partial charge < -0.3 is 5.32 Å². The van der Waals surface area contributed by atoms with Crippen LogP contribution < -0.4 is 9.62 Å². The highest BCUT2D eigenvalue weighted by Crippen LogP contribution is 2.42. The zero-order valence-electron chi connectivity index (χ0n) is 22.2. The lowest BCUT2D eigenvalue weighted by atomic mass is 10.2. The standard InChI is InChI=1S/C28H26ClN3O6S3/c1-19-4-12-23(13-5-19)40(35,36)18-30-25-16-28(39-22-10-8-21(29)9-11-22)27(32(33)34)17-26(25)31(3)41(37,38)24-14-6-20(2)7-15-24/h4-17,30H,18H2,1-3H3. The first-order valence-corrected chi connectivity index (χ1v) is 16.4. The summed E-state index contributed by atoms with van der Waals surface area (Å²) in [6, 6.07) is 21.6. The normalized spacial score (nSPS) is 11.7. The summed E-state index contributed by atoms with van der Waals surface area (Å²) < 4.78 is 54.2. The number of nitro benzene ring substituents is 1. The fraction of sp³-hybridized carbons (Fsp3) is 0.143. The van der Waals surface area contributed by atoms with Crippen molar-refractivity contribution in [3.63, 3.8) is 0 Å². The number of anilines is 2. The van der Waals surface area contributed by atoms with Gasteiger partial charge in [0.25, 0.3) is 15.7 Å². The number of sulfone groups is 1.